The van der Waals surface area contributed by atoms with E-state index in [1.165, 1.54) is 11.8 Å². The average Bonchev–Trinajstić information content (AvgIpc) is 3.14. The SMILES string of the molecule is COc1cccc(NC(=O)CSc2nnc(Cc3c(C)nc4cc(C)ccn4c3=O)n2C)c1. The first kappa shape index (κ1) is 22.5. The fraction of sp³-hybridized carbons (Fsp3) is 0.261. The number of carbonyl (C=O) groups excluding carboxylic acids is 1. The lowest BCUT2D eigenvalue weighted by atomic mass is 10.1. The van der Waals surface area contributed by atoms with Gasteiger partial charge in [0.05, 0.1) is 12.9 Å². The third-order valence-electron chi connectivity index (χ3n) is 5.23. The van der Waals surface area contributed by atoms with Crippen LogP contribution in [0.25, 0.3) is 5.65 Å². The van der Waals surface area contributed by atoms with E-state index in [4.69, 9.17) is 4.74 Å². The molecule has 170 valence electrons. The summed E-state index contributed by atoms with van der Waals surface area (Å²) < 4.78 is 8.52. The van der Waals surface area contributed by atoms with Crippen LogP contribution in [0.5, 0.6) is 5.75 Å². The molecule has 1 amide bonds. The molecule has 0 saturated carbocycles. The molecule has 0 radical (unpaired) electrons. The van der Waals surface area contributed by atoms with E-state index in [0.717, 1.165) is 5.56 Å². The molecule has 0 bridgehead atoms. The average molecular weight is 465 g/mol. The lowest BCUT2D eigenvalue weighted by molar-refractivity contribution is -0.113. The van der Waals surface area contributed by atoms with Gasteiger partial charge < -0.3 is 14.6 Å². The minimum absolute atomic E-state index is 0.118. The summed E-state index contributed by atoms with van der Waals surface area (Å²) in [7, 11) is 3.40. The highest BCUT2D eigenvalue weighted by Gasteiger charge is 2.16. The molecule has 0 aliphatic heterocycles. The van der Waals surface area contributed by atoms with Crippen LogP contribution in [-0.2, 0) is 18.3 Å². The van der Waals surface area contributed by atoms with Gasteiger partial charge in [-0.15, -0.1) is 10.2 Å². The predicted molar refractivity (Wildman–Crippen MR) is 127 cm³/mol. The number of nitrogens with one attached hydrogen (secondary N) is 1. The Bertz CT molecular complexity index is 1390. The Balaban J connectivity index is 1.46. The van der Waals surface area contributed by atoms with E-state index < -0.39 is 0 Å². The van der Waals surface area contributed by atoms with E-state index in [9.17, 15) is 9.59 Å². The van der Waals surface area contributed by atoms with Gasteiger partial charge in [0, 0.05) is 42.7 Å². The minimum atomic E-state index is -0.166. The molecule has 3 aromatic heterocycles. The van der Waals surface area contributed by atoms with Gasteiger partial charge in [0.2, 0.25) is 5.91 Å². The first-order valence-electron chi connectivity index (χ1n) is 10.3. The molecule has 33 heavy (non-hydrogen) atoms. The number of fused-ring (bicyclic) bond motifs is 1. The minimum Gasteiger partial charge on any atom is -0.497 e. The summed E-state index contributed by atoms with van der Waals surface area (Å²) in [5.41, 5.74) is 3.44. The quantitative estimate of drug-likeness (QED) is 0.420. The molecule has 9 nitrogen and oxygen atoms in total. The number of anilines is 1. The molecule has 4 rings (SSSR count). The van der Waals surface area contributed by atoms with Crippen LogP contribution in [0.2, 0.25) is 0 Å². The number of aromatic nitrogens is 5. The largest absolute Gasteiger partial charge is 0.497 e. The van der Waals surface area contributed by atoms with Crippen LogP contribution >= 0.6 is 11.8 Å². The van der Waals surface area contributed by atoms with Crippen LogP contribution in [0.1, 0.15) is 22.6 Å². The second-order valence-electron chi connectivity index (χ2n) is 7.62. The van der Waals surface area contributed by atoms with Crippen molar-refractivity contribution in [1.29, 1.82) is 0 Å². The number of ether oxygens (including phenoxy) is 1. The number of pyridine rings is 1. The number of rotatable bonds is 7. The van der Waals surface area contributed by atoms with Gasteiger partial charge in [0.15, 0.2) is 5.16 Å². The molecule has 0 aliphatic rings. The molecule has 0 fully saturated rings. The molecule has 0 spiro atoms. The number of hydrogen-bond acceptors (Lipinski definition) is 7. The van der Waals surface area contributed by atoms with Gasteiger partial charge in [-0.3, -0.25) is 14.0 Å². The van der Waals surface area contributed by atoms with Crippen LogP contribution in [0.15, 0.2) is 52.5 Å². The highest BCUT2D eigenvalue weighted by Crippen LogP contribution is 2.20. The number of aryl methyl sites for hydroxylation is 2. The summed E-state index contributed by atoms with van der Waals surface area (Å²) in [4.78, 5) is 29.9. The molecule has 1 aromatic carbocycles. The Morgan fingerprint density at radius 1 is 1.18 bits per heavy atom. The van der Waals surface area contributed by atoms with Crippen molar-refractivity contribution in [1.82, 2.24) is 24.1 Å². The van der Waals surface area contributed by atoms with Crippen molar-refractivity contribution in [2.75, 3.05) is 18.2 Å². The zero-order valence-electron chi connectivity index (χ0n) is 18.8. The van der Waals surface area contributed by atoms with Gasteiger partial charge in [-0.25, -0.2) is 4.98 Å². The number of benzene rings is 1. The summed E-state index contributed by atoms with van der Waals surface area (Å²) in [5, 5.41) is 11.9. The van der Waals surface area contributed by atoms with Gasteiger partial charge in [-0.2, -0.15) is 0 Å². The number of methoxy groups -OCH3 is 1. The maximum atomic E-state index is 13.0. The second kappa shape index (κ2) is 9.45. The topological polar surface area (TPSA) is 103 Å². The number of amides is 1. The third-order valence-corrected chi connectivity index (χ3v) is 6.25. The van der Waals surface area contributed by atoms with Gasteiger partial charge in [0.1, 0.15) is 17.2 Å². The standard InChI is InChI=1S/C23H24N6O3S/c1-14-8-9-29-19(10-14)24-15(2)18(22(29)31)12-20-26-27-23(28(20)3)33-13-21(30)25-16-6-5-7-17(11-16)32-4/h5-11H,12-13H2,1-4H3,(H,25,30). The molecule has 3 heterocycles. The van der Waals surface area contributed by atoms with Crippen LogP contribution in [0.4, 0.5) is 5.69 Å². The van der Waals surface area contributed by atoms with Crippen LogP contribution in [0.3, 0.4) is 0 Å². The van der Waals surface area contributed by atoms with Gasteiger partial charge in [0.25, 0.3) is 5.56 Å². The Morgan fingerprint density at radius 2 is 2.00 bits per heavy atom. The van der Waals surface area contributed by atoms with Crippen molar-refractivity contribution in [2.24, 2.45) is 7.05 Å². The fourth-order valence-corrected chi connectivity index (χ4v) is 4.13. The predicted octanol–water partition coefficient (Wildman–Crippen LogP) is 2.77. The zero-order chi connectivity index (χ0) is 23.5. The molecular weight excluding hydrogens is 440 g/mol. The third kappa shape index (κ3) is 4.90. The Kier molecular flexibility index (Phi) is 6.45. The van der Waals surface area contributed by atoms with E-state index >= 15 is 0 Å². The van der Waals surface area contributed by atoms with Gasteiger partial charge in [-0.1, -0.05) is 17.8 Å². The Labute approximate surface area is 194 Å². The monoisotopic (exact) mass is 464 g/mol. The number of nitrogens with zero attached hydrogens (tertiary/aromatic N) is 5. The van der Waals surface area contributed by atoms with E-state index in [-0.39, 0.29) is 17.2 Å². The second-order valence-corrected chi connectivity index (χ2v) is 8.56. The zero-order valence-corrected chi connectivity index (χ0v) is 19.6. The summed E-state index contributed by atoms with van der Waals surface area (Å²) in [5.74, 6) is 1.30. The van der Waals surface area contributed by atoms with Crippen molar-refractivity contribution in [3.05, 3.63) is 75.6 Å². The smallest absolute Gasteiger partial charge is 0.261 e. The molecule has 0 aliphatic carbocycles. The summed E-state index contributed by atoms with van der Waals surface area (Å²) in [6.07, 6.45) is 2.04. The summed E-state index contributed by atoms with van der Waals surface area (Å²) in [6, 6.07) is 10.9. The van der Waals surface area contributed by atoms with E-state index in [1.54, 1.807) is 34.4 Å². The molecule has 0 unspecified atom stereocenters. The van der Waals surface area contributed by atoms with Crippen molar-refractivity contribution in [3.8, 4) is 5.75 Å². The van der Waals surface area contributed by atoms with Crippen LogP contribution in [-0.4, -0.2) is 42.9 Å². The first-order valence-corrected chi connectivity index (χ1v) is 11.3. The molecular formula is C23H24N6O3S. The summed E-state index contributed by atoms with van der Waals surface area (Å²) in [6.45, 7) is 3.79. The lowest BCUT2D eigenvalue weighted by Gasteiger charge is -2.09. The van der Waals surface area contributed by atoms with Gasteiger partial charge in [-0.05, 0) is 43.7 Å². The van der Waals surface area contributed by atoms with Crippen molar-refractivity contribution in [3.63, 3.8) is 0 Å². The van der Waals surface area contributed by atoms with E-state index in [2.05, 4.69) is 20.5 Å². The molecule has 0 saturated heterocycles. The maximum absolute atomic E-state index is 13.0. The highest BCUT2D eigenvalue weighted by molar-refractivity contribution is 7.99. The van der Waals surface area contributed by atoms with E-state index in [0.29, 0.717) is 45.7 Å². The van der Waals surface area contributed by atoms with Crippen molar-refractivity contribution < 1.29 is 9.53 Å². The number of thioether (sulfide) groups is 1. The van der Waals surface area contributed by atoms with Crippen molar-refractivity contribution >= 4 is 29.0 Å². The molecule has 0 atom stereocenters. The molecule has 4 aromatic rings. The number of carbonyl (C=O) groups is 1. The normalized spacial score (nSPS) is 11.0. The number of hydrogen-bond donors (Lipinski definition) is 1. The Hall–Kier alpha value is -3.66. The fourth-order valence-electron chi connectivity index (χ4n) is 3.40. The molecule has 1 N–H and O–H groups in total. The molecule has 10 heteroatoms. The first-order chi connectivity index (χ1) is 15.9. The Morgan fingerprint density at radius 3 is 2.79 bits per heavy atom. The lowest BCUT2D eigenvalue weighted by Crippen LogP contribution is -2.22. The maximum Gasteiger partial charge on any atom is 0.261 e. The van der Waals surface area contributed by atoms with E-state index in [1.807, 2.05) is 45.2 Å². The summed E-state index contributed by atoms with van der Waals surface area (Å²) >= 11 is 1.28. The van der Waals surface area contributed by atoms with Crippen LogP contribution < -0.4 is 15.6 Å². The van der Waals surface area contributed by atoms with Crippen molar-refractivity contribution in [2.45, 2.75) is 25.4 Å². The van der Waals surface area contributed by atoms with Gasteiger partial charge >= 0.3 is 0 Å². The van der Waals surface area contributed by atoms with Crippen LogP contribution in [0, 0.1) is 13.8 Å². The highest BCUT2D eigenvalue weighted by atomic mass is 32.2.